The molecule has 0 amide bonds. The predicted molar refractivity (Wildman–Crippen MR) is 56.1 cm³/mol. The van der Waals surface area contributed by atoms with E-state index < -0.39 is 0 Å². The average molecular weight is 230 g/mol. The highest BCUT2D eigenvalue weighted by Gasteiger charge is 2.07. The van der Waals surface area contributed by atoms with Crippen LogP contribution in [0.3, 0.4) is 0 Å². The number of pyridine rings is 1. The summed E-state index contributed by atoms with van der Waals surface area (Å²) in [6, 6.07) is 1.62. The Morgan fingerprint density at radius 3 is 2.87 bits per heavy atom. The lowest BCUT2D eigenvalue weighted by molar-refractivity contribution is -0.140. The molecule has 1 aromatic heterocycles. The summed E-state index contributed by atoms with van der Waals surface area (Å²) >= 11 is 5.70. The summed E-state index contributed by atoms with van der Waals surface area (Å²) in [6.45, 7) is 0. The first kappa shape index (κ1) is 11.8. The second kappa shape index (κ2) is 5.56. The number of aryl methyl sites for hydroxylation is 1. The Bertz CT molecular complexity index is 355. The van der Waals surface area contributed by atoms with E-state index in [1.807, 2.05) is 0 Å². The molecule has 0 N–H and O–H groups in total. The van der Waals surface area contributed by atoms with E-state index >= 15 is 0 Å². The van der Waals surface area contributed by atoms with Crippen LogP contribution in [0.5, 0.6) is 5.75 Å². The van der Waals surface area contributed by atoms with Gasteiger partial charge in [0.2, 0.25) is 0 Å². The molecule has 0 aliphatic heterocycles. The fourth-order valence-electron chi connectivity index (χ4n) is 1.16. The van der Waals surface area contributed by atoms with Crippen LogP contribution in [0.4, 0.5) is 0 Å². The Morgan fingerprint density at radius 1 is 1.53 bits per heavy atom. The van der Waals surface area contributed by atoms with Crippen molar-refractivity contribution >= 4 is 17.6 Å². The molecule has 0 saturated heterocycles. The topological polar surface area (TPSA) is 48.4 Å². The Kier molecular flexibility index (Phi) is 4.37. The number of hydrogen-bond donors (Lipinski definition) is 0. The van der Waals surface area contributed by atoms with Gasteiger partial charge < -0.3 is 9.47 Å². The second-order valence-corrected chi connectivity index (χ2v) is 3.28. The van der Waals surface area contributed by atoms with Crippen LogP contribution in [0.25, 0.3) is 0 Å². The SMILES string of the molecule is COC(=O)CCc1cnc(Cl)cc1OC. The molecule has 0 aliphatic carbocycles. The summed E-state index contributed by atoms with van der Waals surface area (Å²) in [5.41, 5.74) is 0.840. The molecule has 4 nitrogen and oxygen atoms in total. The summed E-state index contributed by atoms with van der Waals surface area (Å²) < 4.78 is 9.66. The number of methoxy groups -OCH3 is 2. The zero-order chi connectivity index (χ0) is 11.3. The number of hydrogen-bond acceptors (Lipinski definition) is 4. The summed E-state index contributed by atoms with van der Waals surface area (Å²) in [5.74, 6) is 0.380. The Balaban J connectivity index is 2.72. The summed E-state index contributed by atoms with van der Waals surface area (Å²) in [5, 5.41) is 0.369. The van der Waals surface area contributed by atoms with Crippen molar-refractivity contribution in [2.75, 3.05) is 14.2 Å². The van der Waals surface area contributed by atoms with Crippen molar-refractivity contribution in [1.82, 2.24) is 4.98 Å². The number of nitrogens with zero attached hydrogens (tertiary/aromatic N) is 1. The summed E-state index contributed by atoms with van der Waals surface area (Å²) in [7, 11) is 2.91. The molecule has 82 valence electrons. The molecule has 0 bridgehead atoms. The third-order valence-electron chi connectivity index (χ3n) is 1.96. The van der Waals surface area contributed by atoms with Crippen LogP contribution in [0.15, 0.2) is 12.3 Å². The zero-order valence-corrected chi connectivity index (χ0v) is 9.37. The molecule has 1 heterocycles. The quantitative estimate of drug-likeness (QED) is 0.584. The summed E-state index contributed by atoms with van der Waals surface area (Å²) in [6.07, 6.45) is 2.43. The van der Waals surface area contributed by atoms with Gasteiger partial charge in [0.25, 0.3) is 0 Å². The van der Waals surface area contributed by atoms with E-state index in [0.717, 1.165) is 5.56 Å². The van der Waals surface area contributed by atoms with Crippen LogP contribution >= 0.6 is 11.6 Å². The molecule has 0 fully saturated rings. The second-order valence-electron chi connectivity index (χ2n) is 2.90. The lowest BCUT2D eigenvalue weighted by Crippen LogP contribution is -2.03. The van der Waals surface area contributed by atoms with Crippen molar-refractivity contribution in [1.29, 1.82) is 0 Å². The first-order valence-electron chi connectivity index (χ1n) is 4.42. The smallest absolute Gasteiger partial charge is 0.305 e. The molecule has 0 spiro atoms. The third-order valence-corrected chi connectivity index (χ3v) is 2.16. The number of halogens is 1. The van der Waals surface area contributed by atoms with Crippen LogP contribution in [0.1, 0.15) is 12.0 Å². The maximum Gasteiger partial charge on any atom is 0.305 e. The van der Waals surface area contributed by atoms with Gasteiger partial charge in [-0.25, -0.2) is 4.98 Å². The van der Waals surface area contributed by atoms with E-state index in [1.54, 1.807) is 19.4 Å². The highest BCUT2D eigenvalue weighted by atomic mass is 35.5. The van der Waals surface area contributed by atoms with Crippen molar-refractivity contribution in [2.24, 2.45) is 0 Å². The summed E-state index contributed by atoms with van der Waals surface area (Å²) in [4.78, 5) is 14.9. The van der Waals surface area contributed by atoms with Crippen molar-refractivity contribution < 1.29 is 14.3 Å². The highest BCUT2D eigenvalue weighted by Crippen LogP contribution is 2.22. The predicted octanol–water partition coefficient (Wildman–Crippen LogP) is 1.85. The monoisotopic (exact) mass is 229 g/mol. The molecule has 1 aromatic rings. The van der Waals surface area contributed by atoms with Crippen LogP contribution in [-0.4, -0.2) is 25.2 Å². The molecule has 0 radical (unpaired) electrons. The van der Waals surface area contributed by atoms with Gasteiger partial charge in [-0.2, -0.15) is 0 Å². The van der Waals surface area contributed by atoms with E-state index in [2.05, 4.69) is 9.72 Å². The van der Waals surface area contributed by atoms with Gasteiger partial charge in [0.05, 0.1) is 14.2 Å². The number of rotatable bonds is 4. The first-order chi connectivity index (χ1) is 7.17. The minimum Gasteiger partial charge on any atom is -0.496 e. The van der Waals surface area contributed by atoms with Gasteiger partial charge in [0.15, 0.2) is 0 Å². The van der Waals surface area contributed by atoms with Gasteiger partial charge in [-0.3, -0.25) is 4.79 Å². The van der Waals surface area contributed by atoms with Crippen molar-refractivity contribution in [3.63, 3.8) is 0 Å². The number of carbonyl (C=O) groups excluding carboxylic acids is 1. The maximum atomic E-state index is 10.9. The Hall–Kier alpha value is -1.29. The lowest BCUT2D eigenvalue weighted by atomic mass is 10.1. The molecule has 15 heavy (non-hydrogen) atoms. The zero-order valence-electron chi connectivity index (χ0n) is 8.62. The van der Waals surface area contributed by atoms with E-state index in [1.165, 1.54) is 7.11 Å². The van der Waals surface area contributed by atoms with Crippen LogP contribution < -0.4 is 4.74 Å². The van der Waals surface area contributed by atoms with Gasteiger partial charge in [-0.1, -0.05) is 11.6 Å². The minimum absolute atomic E-state index is 0.257. The van der Waals surface area contributed by atoms with Gasteiger partial charge >= 0.3 is 5.97 Å². The molecule has 0 aromatic carbocycles. The molecular weight excluding hydrogens is 218 g/mol. The van der Waals surface area contributed by atoms with Gasteiger partial charge in [0.1, 0.15) is 10.9 Å². The number of ether oxygens (including phenoxy) is 2. The number of aromatic nitrogens is 1. The van der Waals surface area contributed by atoms with Gasteiger partial charge in [-0.15, -0.1) is 0 Å². The van der Waals surface area contributed by atoms with Crippen molar-refractivity contribution in [3.05, 3.63) is 23.0 Å². The molecule has 0 saturated carbocycles. The molecule has 5 heteroatoms. The first-order valence-corrected chi connectivity index (χ1v) is 4.80. The van der Waals surface area contributed by atoms with Crippen LogP contribution in [-0.2, 0) is 16.0 Å². The van der Waals surface area contributed by atoms with E-state index in [4.69, 9.17) is 16.3 Å². The van der Waals surface area contributed by atoms with E-state index in [9.17, 15) is 4.79 Å². The Labute approximate surface area is 93.2 Å². The molecular formula is C10H12ClNO3. The normalized spacial score (nSPS) is 9.80. The van der Waals surface area contributed by atoms with Gasteiger partial charge in [-0.05, 0) is 6.42 Å². The number of carbonyl (C=O) groups is 1. The van der Waals surface area contributed by atoms with Crippen molar-refractivity contribution in [3.8, 4) is 5.75 Å². The minimum atomic E-state index is -0.257. The molecule has 0 aliphatic rings. The van der Waals surface area contributed by atoms with E-state index in [0.29, 0.717) is 23.7 Å². The fourth-order valence-corrected chi connectivity index (χ4v) is 1.31. The average Bonchev–Trinajstić information content (AvgIpc) is 2.26. The van der Waals surface area contributed by atoms with Crippen LogP contribution in [0, 0.1) is 0 Å². The van der Waals surface area contributed by atoms with E-state index in [-0.39, 0.29) is 5.97 Å². The standard InChI is InChI=1S/C10H12ClNO3/c1-14-8-5-9(11)12-6-7(8)3-4-10(13)15-2/h5-6H,3-4H2,1-2H3. The molecule has 1 rings (SSSR count). The fraction of sp³-hybridized carbons (Fsp3) is 0.400. The molecule has 0 unspecified atom stereocenters. The van der Waals surface area contributed by atoms with Crippen molar-refractivity contribution in [2.45, 2.75) is 12.8 Å². The van der Waals surface area contributed by atoms with Crippen LogP contribution in [0.2, 0.25) is 5.15 Å². The lowest BCUT2D eigenvalue weighted by Gasteiger charge is -2.07. The highest BCUT2D eigenvalue weighted by molar-refractivity contribution is 6.29. The maximum absolute atomic E-state index is 10.9. The Morgan fingerprint density at radius 2 is 2.27 bits per heavy atom. The largest absolute Gasteiger partial charge is 0.496 e. The van der Waals surface area contributed by atoms with Gasteiger partial charge in [0, 0.05) is 24.2 Å². The number of esters is 1. The third kappa shape index (κ3) is 3.40. The molecule has 0 atom stereocenters.